The molecule has 0 bridgehead atoms. The van der Waals surface area contributed by atoms with Gasteiger partial charge in [0.2, 0.25) is 0 Å². The first-order valence-electron chi connectivity index (χ1n) is 11.7. The lowest BCUT2D eigenvalue weighted by Gasteiger charge is -2.32. The Morgan fingerprint density at radius 3 is 2.35 bits per heavy atom. The van der Waals surface area contributed by atoms with Crippen molar-refractivity contribution in [2.24, 2.45) is 0 Å². The Balaban J connectivity index is 1.66. The maximum absolute atomic E-state index is 14.3. The van der Waals surface area contributed by atoms with Gasteiger partial charge in [0, 0.05) is 31.7 Å². The number of alkyl halides is 3. The summed E-state index contributed by atoms with van der Waals surface area (Å²) in [6.45, 7) is 2.48. The van der Waals surface area contributed by atoms with Gasteiger partial charge in [0.25, 0.3) is 5.91 Å². The van der Waals surface area contributed by atoms with Crippen LogP contribution in [0.25, 0.3) is 21.9 Å². The molecule has 9 heteroatoms. The molecule has 4 aromatic carbocycles. The highest BCUT2D eigenvalue weighted by molar-refractivity contribution is 6.42. The van der Waals surface area contributed by atoms with E-state index in [1.807, 2.05) is 35.2 Å². The topological polar surface area (TPSA) is 44.4 Å². The third kappa shape index (κ3) is 5.25. The van der Waals surface area contributed by atoms with Crippen LogP contribution < -0.4 is 15.5 Å². The largest absolute Gasteiger partial charge is 0.417 e. The minimum absolute atomic E-state index is 0.0391. The van der Waals surface area contributed by atoms with Crippen molar-refractivity contribution in [2.75, 3.05) is 36.4 Å². The Hall–Kier alpha value is -3.26. The van der Waals surface area contributed by atoms with Gasteiger partial charge in [0.1, 0.15) is 0 Å². The van der Waals surface area contributed by atoms with Crippen LogP contribution in [0.15, 0.2) is 72.8 Å². The Labute approximate surface area is 222 Å². The molecule has 190 valence electrons. The molecule has 0 aromatic heterocycles. The summed E-state index contributed by atoms with van der Waals surface area (Å²) < 4.78 is 43.0. The van der Waals surface area contributed by atoms with E-state index in [2.05, 4.69) is 10.6 Å². The van der Waals surface area contributed by atoms with E-state index in [9.17, 15) is 18.0 Å². The van der Waals surface area contributed by atoms with Gasteiger partial charge < -0.3 is 15.5 Å². The molecule has 0 spiro atoms. The highest BCUT2D eigenvalue weighted by atomic mass is 35.5. The lowest BCUT2D eigenvalue weighted by atomic mass is 9.96. The smallest absolute Gasteiger partial charge is 0.367 e. The quantitative estimate of drug-likeness (QED) is 0.280. The Bertz CT molecular complexity index is 1480. The number of hydrogen-bond acceptors (Lipinski definition) is 3. The van der Waals surface area contributed by atoms with E-state index in [1.165, 1.54) is 24.3 Å². The molecule has 0 aliphatic carbocycles. The van der Waals surface area contributed by atoms with Gasteiger partial charge in [-0.05, 0) is 52.2 Å². The normalized spacial score (nSPS) is 14.1. The van der Waals surface area contributed by atoms with Gasteiger partial charge in [-0.15, -0.1) is 0 Å². The van der Waals surface area contributed by atoms with Gasteiger partial charge in [-0.3, -0.25) is 4.79 Å². The van der Waals surface area contributed by atoms with Crippen LogP contribution >= 0.6 is 23.2 Å². The highest BCUT2D eigenvalue weighted by Gasteiger charge is 2.36. The number of carbonyl (C=O) groups excluding carboxylic acids is 1. The van der Waals surface area contributed by atoms with Crippen molar-refractivity contribution in [2.45, 2.75) is 6.18 Å². The maximum atomic E-state index is 14.3. The van der Waals surface area contributed by atoms with Gasteiger partial charge in [-0.2, -0.15) is 13.2 Å². The summed E-state index contributed by atoms with van der Waals surface area (Å²) >= 11 is 12.2. The molecular weight excluding hydrogens is 522 g/mol. The second-order valence-corrected chi connectivity index (χ2v) is 9.57. The number of piperazine rings is 1. The Kier molecular flexibility index (Phi) is 7.03. The van der Waals surface area contributed by atoms with Gasteiger partial charge in [0.15, 0.2) is 0 Å². The predicted molar refractivity (Wildman–Crippen MR) is 144 cm³/mol. The fourth-order valence-corrected chi connectivity index (χ4v) is 4.90. The van der Waals surface area contributed by atoms with E-state index in [-0.39, 0.29) is 26.9 Å². The summed E-state index contributed by atoms with van der Waals surface area (Å²) in [6.07, 6.45) is -4.68. The molecule has 0 radical (unpaired) electrons. The van der Waals surface area contributed by atoms with E-state index >= 15 is 0 Å². The van der Waals surface area contributed by atoms with Crippen molar-refractivity contribution < 1.29 is 18.0 Å². The number of halogens is 5. The van der Waals surface area contributed by atoms with Crippen LogP contribution in [0, 0.1) is 0 Å². The number of anilines is 2. The van der Waals surface area contributed by atoms with Crippen molar-refractivity contribution in [1.82, 2.24) is 5.32 Å². The molecule has 0 saturated carbocycles. The molecule has 1 aliphatic heterocycles. The van der Waals surface area contributed by atoms with Crippen molar-refractivity contribution >= 4 is 51.3 Å². The maximum Gasteiger partial charge on any atom is 0.417 e. The number of benzene rings is 4. The number of rotatable bonds is 4. The van der Waals surface area contributed by atoms with Crippen molar-refractivity contribution in [1.29, 1.82) is 0 Å². The van der Waals surface area contributed by atoms with Gasteiger partial charge in [0.05, 0.1) is 27.0 Å². The van der Waals surface area contributed by atoms with E-state index in [0.717, 1.165) is 16.8 Å². The number of carbonyl (C=O) groups is 1. The van der Waals surface area contributed by atoms with Crippen LogP contribution in [0.5, 0.6) is 0 Å². The molecule has 1 amide bonds. The number of nitrogens with zero attached hydrogens (tertiary/aromatic N) is 1. The van der Waals surface area contributed by atoms with E-state index in [0.29, 0.717) is 37.4 Å². The Morgan fingerprint density at radius 2 is 1.62 bits per heavy atom. The van der Waals surface area contributed by atoms with Crippen molar-refractivity contribution in [3.05, 3.63) is 94.0 Å². The third-order valence-electron chi connectivity index (χ3n) is 6.41. The Morgan fingerprint density at radius 1 is 0.892 bits per heavy atom. The van der Waals surface area contributed by atoms with Crippen molar-refractivity contribution in [3.63, 3.8) is 0 Å². The molecule has 0 atom stereocenters. The minimum atomic E-state index is -4.68. The standard InChI is InChI=1S/C28H22Cl2F3N3O/c29-23-9-8-18(14-24(23)30)21-15-26(36-12-10-34-11-13-36)25(16-22(21)28(31,32)33)35-27(37)20-7-3-5-17-4-1-2-6-19(17)20/h1-9,14-16,34H,10-13H2,(H,35,37). The van der Waals surface area contributed by atoms with Crippen LogP contribution in [-0.4, -0.2) is 32.1 Å². The number of amides is 1. The number of nitrogens with one attached hydrogen (secondary N) is 2. The number of hydrogen-bond donors (Lipinski definition) is 2. The summed E-state index contributed by atoms with van der Waals surface area (Å²) in [5.41, 5.74) is 0.345. The molecule has 37 heavy (non-hydrogen) atoms. The SMILES string of the molecule is O=C(Nc1cc(C(F)(F)F)c(-c2ccc(Cl)c(Cl)c2)cc1N1CCNCC1)c1cccc2ccccc12. The average molecular weight is 544 g/mol. The zero-order valence-electron chi connectivity index (χ0n) is 19.5. The van der Waals surface area contributed by atoms with Crippen LogP contribution in [0.1, 0.15) is 15.9 Å². The molecule has 2 N–H and O–H groups in total. The summed E-state index contributed by atoms with van der Waals surface area (Å²) in [5.74, 6) is -0.483. The number of fused-ring (bicyclic) bond motifs is 1. The van der Waals surface area contributed by atoms with Gasteiger partial charge in [-0.25, -0.2) is 0 Å². The molecule has 1 saturated heterocycles. The molecule has 4 nitrogen and oxygen atoms in total. The van der Waals surface area contributed by atoms with Crippen molar-refractivity contribution in [3.8, 4) is 11.1 Å². The molecule has 1 fully saturated rings. The first-order chi connectivity index (χ1) is 17.7. The minimum Gasteiger partial charge on any atom is -0.367 e. The molecule has 0 unspecified atom stereocenters. The fraction of sp³-hybridized carbons (Fsp3) is 0.179. The van der Waals surface area contributed by atoms with E-state index in [4.69, 9.17) is 23.2 Å². The van der Waals surface area contributed by atoms with E-state index in [1.54, 1.807) is 12.1 Å². The van der Waals surface area contributed by atoms with Crippen LogP contribution in [-0.2, 0) is 6.18 Å². The lowest BCUT2D eigenvalue weighted by molar-refractivity contribution is -0.137. The fourth-order valence-electron chi connectivity index (χ4n) is 4.61. The second-order valence-electron chi connectivity index (χ2n) is 8.76. The highest BCUT2D eigenvalue weighted by Crippen LogP contribution is 2.44. The monoisotopic (exact) mass is 543 g/mol. The van der Waals surface area contributed by atoms with Gasteiger partial charge >= 0.3 is 6.18 Å². The zero-order chi connectivity index (χ0) is 26.2. The molecule has 4 aromatic rings. The first kappa shape index (κ1) is 25.4. The van der Waals surface area contributed by atoms with Crippen LogP contribution in [0.4, 0.5) is 24.5 Å². The summed E-state index contributed by atoms with van der Waals surface area (Å²) in [7, 11) is 0. The second kappa shape index (κ2) is 10.2. The summed E-state index contributed by atoms with van der Waals surface area (Å²) in [4.78, 5) is 15.4. The van der Waals surface area contributed by atoms with Gasteiger partial charge in [-0.1, -0.05) is 65.7 Å². The van der Waals surface area contributed by atoms with Crippen LogP contribution in [0.3, 0.4) is 0 Å². The molecule has 1 aliphatic rings. The predicted octanol–water partition coefficient (Wildman–Crippen LogP) is 7.49. The zero-order valence-corrected chi connectivity index (χ0v) is 21.0. The van der Waals surface area contributed by atoms with E-state index < -0.39 is 17.6 Å². The average Bonchev–Trinajstić information content (AvgIpc) is 2.89. The summed E-state index contributed by atoms with van der Waals surface area (Å²) in [6, 6.07) is 19.6. The first-order valence-corrected chi connectivity index (χ1v) is 12.4. The molecule has 5 rings (SSSR count). The van der Waals surface area contributed by atoms with Crippen LogP contribution in [0.2, 0.25) is 10.0 Å². The molecular formula is C28H22Cl2F3N3O. The lowest BCUT2D eigenvalue weighted by Crippen LogP contribution is -2.44. The molecule has 1 heterocycles. The summed E-state index contributed by atoms with van der Waals surface area (Å²) in [5, 5.41) is 8.01. The third-order valence-corrected chi connectivity index (χ3v) is 7.15.